The fourth-order valence-corrected chi connectivity index (χ4v) is 3.93. The van der Waals surface area contributed by atoms with Crippen LogP contribution in [0.3, 0.4) is 0 Å². The summed E-state index contributed by atoms with van der Waals surface area (Å²) >= 11 is 1.33. The van der Waals surface area contributed by atoms with Gasteiger partial charge in [0.15, 0.2) is 0 Å². The van der Waals surface area contributed by atoms with Gasteiger partial charge >= 0.3 is 0 Å². The largest absolute Gasteiger partial charge is 0.325 e. The average Bonchev–Trinajstić information content (AvgIpc) is 2.96. The molecule has 1 atom stereocenters. The first-order chi connectivity index (χ1) is 12.7. The van der Waals surface area contributed by atoms with Gasteiger partial charge in [-0.25, -0.2) is 8.78 Å². The molecule has 0 radical (unpaired) electrons. The van der Waals surface area contributed by atoms with E-state index in [9.17, 15) is 18.4 Å². The summed E-state index contributed by atoms with van der Waals surface area (Å²) < 4.78 is 27.6. The highest BCUT2D eigenvalue weighted by Gasteiger charge is 2.37. The monoisotopic (exact) mass is 390 g/mol. The van der Waals surface area contributed by atoms with Crippen LogP contribution >= 0.6 is 11.8 Å². The summed E-state index contributed by atoms with van der Waals surface area (Å²) in [7, 11) is 0. The van der Waals surface area contributed by atoms with E-state index in [1.165, 1.54) is 22.7 Å². The number of carbonyl (C=O) groups is 2. The molecule has 142 valence electrons. The average molecular weight is 390 g/mol. The van der Waals surface area contributed by atoms with Crippen molar-refractivity contribution in [2.24, 2.45) is 5.41 Å². The van der Waals surface area contributed by atoms with Crippen LogP contribution in [0.4, 0.5) is 20.2 Å². The van der Waals surface area contributed by atoms with Gasteiger partial charge in [0.1, 0.15) is 17.0 Å². The summed E-state index contributed by atoms with van der Waals surface area (Å²) in [5.74, 6) is -1.77. The molecular weight excluding hydrogens is 370 g/mol. The number of anilines is 2. The molecule has 0 spiro atoms. The first kappa shape index (κ1) is 19.4. The Kier molecular flexibility index (Phi) is 5.24. The lowest BCUT2D eigenvalue weighted by atomic mass is 9.95. The molecule has 0 saturated carbocycles. The number of para-hydroxylation sites is 1. The Labute approximate surface area is 160 Å². The molecule has 7 heteroatoms. The highest BCUT2D eigenvalue weighted by Crippen LogP contribution is 2.45. The summed E-state index contributed by atoms with van der Waals surface area (Å²) in [5, 5.41) is 2.37. The molecule has 0 bridgehead atoms. The smallest absolute Gasteiger partial charge is 0.238 e. The lowest BCUT2D eigenvalue weighted by molar-refractivity contribution is -0.123. The minimum atomic E-state index is -0.799. The number of benzene rings is 2. The summed E-state index contributed by atoms with van der Waals surface area (Å²) in [6.45, 7) is 5.41. The number of amides is 2. The molecule has 3 rings (SSSR count). The van der Waals surface area contributed by atoms with Gasteiger partial charge in [-0.05, 0) is 18.2 Å². The van der Waals surface area contributed by atoms with E-state index in [-0.39, 0.29) is 23.3 Å². The second-order valence-corrected chi connectivity index (χ2v) is 8.38. The van der Waals surface area contributed by atoms with Crippen LogP contribution in [0.25, 0.3) is 0 Å². The Morgan fingerprint density at radius 2 is 1.89 bits per heavy atom. The van der Waals surface area contributed by atoms with Gasteiger partial charge in [-0.3, -0.25) is 14.5 Å². The maximum absolute atomic E-state index is 14.3. The molecule has 2 amide bonds. The van der Waals surface area contributed by atoms with E-state index in [0.29, 0.717) is 11.3 Å². The molecule has 4 nitrogen and oxygen atoms in total. The zero-order chi connectivity index (χ0) is 19.8. The van der Waals surface area contributed by atoms with Crippen LogP contribution in [0.1, 0.15) is 31.7 Å². The van der Waals surface area contributed by atoms with Crippen LogP contribution < -0.4 is 10.2 Å². The minimum Gasteiger partial charge on any atom is -0.325 e. The van der Waals surface area contributed by atoms with Crippen LogP contribution in [-0.4, -0.2) is 17.6 Å². The number of rotatable bonds is 3. The molecule has 1 fully saturated rings. The van der Waals surface area contributed by atoms with Gasteiger partial charge in [-0.1, -0.05) is 39.0 Å². The summed E-state index contributed by atoms with van der Waals surface area (Å²) in [4.78, 5) is 26.2. The number of carbonyl (C=O) groups excluding carboxylic acids is 2. The van der Waals surface area contributed by atoms with Gasteiger partial charge < -0.3 is 5.32 Å². The summed E-state index contributed by atoms with van der Waals surface area (Å²) in [6.07, 6.45) is 0. The lowest BCUT2D eigenvalue weighted by Gasteiger charge is -2.27. The number of hydrogen-bond donors (Lipinski definition) is 1. The molecule has 1 aliphatic heterocycles. The molecule has 1 saturated heterocycles. The summed E-state index contributed by atoms with van der Waals surface area (Å²) in [6, 6.07) is 10.3. The minimum absolute atomic E-state index is 0.0216. The van der Waals surface area contributed by atoms with E-state index >= 15 is 0 Å². The van der Waals surface area contributed by atoms with Gasteiger partial charge in [0.2, 0.25) is 11.8 Å². The van der Waals surface area contributed by atoms with Crippen LogP contribution in [0.5, 0.6) is 0 Å². The normalized spacial score (nSPS) is 17.3. The number of thioether (sulfide) groups is 1. The maximum atomic E-state index is 14.3. The molecule has 2 aromatic rings. The number of nitrogens with one attached hydrogen (secondary N) is 1. The predicted octanol–water partition coefficient (Wildman–Crippen LogP) is 4.73. The molecule has 0 unspecified atom stereocenters. The third-order valence-electron chi connectivity index (χ3n) is 4.19. The van der Waals surface area contributed by atoms with E-state index < -0.39 is 22.4 Å². The summed E-state index contributed by atoms with van der Waals surface area (Å²) in [5.41, 5.74) is 0.689. The third-order valence-corrected chi connectivity index (χ3v) is 5.39. The molecule has 1 heterocycles. The Balaban J connectivity index is 2.00. The van der Waals surface area contributed by atoms with Crippen LogP contribution in [-0.2, 0) is 9.59 Å². The van der Waals surface area contributed by atoms with Crippen LogP contribution in [0, 0.1) is 17.0 Å². The molecular formula is C20H20F2N2O2S. The maximum Gasteiger partial charge on any atom is 0.238 e. The van der Waals surface area contributed by atoms with Crippen molar-refractivity contribution in [2.75, 3.05) is 16.0 Å². The highest BCUT2D eigenvalue weighted by atomic mass is 32.2. The second-order valence-electron chi connectivity index (χ2n) is 7.31. The molecule has 1 N–H and O–H groups in total. The first-order valence-electron chi connectivity index (χ1n) is 8.47. The van der Waals surface area contributed by atoms with Crippen LogP contribution in [0.2, 0.25) is 0 Å². The van der Waals surface area contributed by atoms with Crippen molar-refractivity contribution in [3.8, 4) is 0 Å². The van der Waals surface area contributed by atoms with E-state index in [2.05, 4.69) is 5.32 Å². The fourth-order valence-electron chi connectivity index (χ4n) is 2.73. The standard InChI is InChI=1S/C20H20F2N2O2S/c1-20(2,3)19(26)23-15-7-5-4-6-13(15)18-24(17(25)11-27-18)16-9-8-12(21)10-14(16)22/h4-10,18H,11H2,1-3H3,(H,23,26)/t18-/m0/s1. The van der Waals surface area contributed by atoms with Crippen molar-refractivity contribution in [1.29, 1.82) is 0 Å². The number of hydrogen-bond acceptors (Lipinski definition) is 3. The van der Waals surface area contributed by atoms with Crippen molar-refractivity contribution < 1.29 is 18.4 Å². The molecule has 0 aromatic heterocycles. The molecule has 27 heavy (non-hydrogen) atoms. The van der Waals surface area contributed by atoms with Crippen molar-refractivity contribution in [3.63, 3.8) is 0 Å². The Hall–Kier alpha value is -2.41. The zero-order valence-electron chi connectivity index (χ0n) is 15.3. The van der Waals surface area contributed by atoms with Gasteiger partial charge in [-0.2, -0.15) is 0 Å². The second kappa shape index (κ2) is 7.31. The van der Waals surface area contributed by atoms with Gasteiger partial charge in [0, 0.05) is 22.7 Å². The quantitative estimate of drug-likeness (QED) is 0.824. The van der Waals surface area contributed by atoms with E-state index in [1.807, 2.05) is 0 Å². The fraction of sp³-hybridized carbons (Fsp3) is 0.300. The predicted molar refractivity (Wildman–Crippen MR) is 104 cm³/mol. The van der Waals surface area contributed by atoms with E-state index in [4.69, 9.17) is 0 Å². The SMILES string of the molecule is CC(C)(C)C(=O)Nc1ccccc1[C@@H]1SCC(=O)N1c1ccc(F)cc1F. The lowest BCUT2D eigenvalue weighted by Crippen LogP contribution is -2.31. The van der Waals surface area contributed by atoms with E-state index in [0.717, 1.165) is 12.1 Å². The molecule has 1 aliphatic rings. The van der Waals surface area contributed by atoms with Gasteiger partial charge in [-0.15, -0.1) is 11.8 Å². The molecule has 2 aromatic carbocycles. The van der Waals surface area contributed by atoms with Crippen molar-refractivity contribution in [2.45, 2.75) is 26.1 Å². The van der Waals surface area contributed by atoms with Crippen molar-refractivity contribution >= 4 is 35.0 Å². The highest BCUT2D eigenvalue weighted by molar-refractivity contribution is 8.00. The molecule has 0 aliphatic carbocycles. The van der Waals surface area contributed by atoms with Gasteiger partial charge in [0.05, 0.1) is 11.4 Å². The number of halogens is 2. The number of nitrogens with zero attached hydrogens (tertiary/aromatic N) is 1. The Morgan fingerprint density at radius 1 is 1.19 bits per heavy atom. The zero-order valence-corrected chi connectivity index (χ0v) is 16.1. The first-order valence-corrected chi connectivity index (χ1v) is 9.52. The van der Waals surface area contributed by atoms with Gasteiger partial charge in [0.25, 0.3) is 0 Å². The van der Waals surface area contributed by atoms with Crippen LogP contribution in [0.15, 0.2) is 42.5 Å². The Morgan fingerprint density at radius 3 is 2.56 bits per heavy atom. The van der Waals surface area contributed by atoms with Crippen molar-refractivity contribution in [3.05, 3.63) is 59.7 Å². The Bertz CT molecular complexity index is 896. The van der Waals surface area contributed by atoms with E-state index in [1.54, 1.807) is 45.0 Å². The van der Waals surface area contributed by atoms with Crippen molar-refractivity contribution in [1.82, 2.24) is 0 Å². The third kappa shape index (κ3) is 3.98. The topological polar surface area (TPSA) is 49.4 Å².